The standard InChI is InChI=1S/C22H24N2O2S/c25-22(16-26-19-10-9-17-6-1-2-7-18(17)14-19)23-15-20(21-8-5-13-27-21)24-11-3-4-12-24/h1-2,5-10,13-14,20H,3-4,11-12,15-16H2,(H,23,25). The maximum Gasteiger partial charge on any atom is 0.258 e. The summed E-state index contributed by atoms with van der Waals surface area (Å²) in [6.07, 6.45) is 2.47. The Kier molecular flexibility index (Phi) is 5.70. The molecule has 0 spiro atoms. The van der Waals surface area contributed by atoms with Crippen LogP contribution in [0.1, 0.15) is 23.8 Å². The normalized spacial score (nSPS) is 15.7. The topological polar surface area (TPSA) is 41.6 Å². The van der Waals surface area contributed by atoms with E-state index in [1.165, 1.54) is 23.1 Å². The van der Waals surface area contributed by atoms with Gasteiger partial charge in [-0.15, -0.1) is 11.3 Å². The third-order valence-corrected chi connectivity index (χ3v) is 6.01. The first-order valence-electron chi connectivity index (χ1n) is 9.45. The highest BCUT2D eigenvalue weighted by Gasteiger charge is 2.24. The fourth-order valence-electron chi connectivity index (χ4n) is 3.61. The molecule has 3 aromatic rings. The van der Waals surface area contributed by atoms with Gasteiger partial charge in [0, 0.05) is 11.4 Å². The van der Waals surface area contributed by atoms with Crippen molar-refractivity contribution >= 4 is 28.0 Å². The number of rotatable bonds is 7. The van der Waals surface area contributed by atoms with E-state index in [-0.39, 0.29) is 18.6 Å². The van der Waals surface area contributed by atoms with E-state index < -0.39 is 0 Å². The number of thiophene rings is 1. The van der Waals surface area contributed by atoms with Crippen molar-refractivity contribution in [1.29, 1.82) is 0 Å². The van der Waals surface area contributed by atoms with Gasteiger partial charge in [0.2, 0.25) is 0 Å². The molecule has 0 radical (unpaired) electrons. The van der Waals surface area contributed by atoms with Gasteiger partial charge in [-0.1, -0.05) is 36.4 Å². The minimum atomic E-state index is -0.0797. The van der Waals surface area contributed by atoms with Crippen LogP contribution in [0.4, 0.5) is 0 Å². The fraction of sp³-hybridized carbons (Fsp3) is 0.318. The second-order valence-electron chi connectivity index (χ2n) is 6.88. The summed E-state index contributed by atoms with van der Waals surface area (Å²) < 4.78 is 5.70. The Bertz CT molecular complexity index is 888. The Morgan fingerprint density at radius 2 is 1.89 bits per heavy atom. The van der Waals surface area contributed by atoms with Crippen LogP contribution in [0.25, 0.3) is 10.8 Å². The van der Waals surface area contributed by atoms with Gasteiger partial charge in [0.15, 0.2) is 6.61 Å². The van der Waals surface area contributed by atoms with Crippen molar-refractivity contribution in [2.24, 2.45) is 0 Å². The molecule has 1 saturated heterocycles. The van der Waals surface area contributed by atoms with Crippen LogP contribution in [-0.4, -0.2) is 37.0 Å². The van der Waals surface area contributed by atoms with Crippen LogP contribution < -0.4 is 10.1 Å². The monoisotopic (exact) mass is 380 g/mol. The van der Waals surface area contributed by atoms with E-state index in [1.807, 2.05) is 36.4 Å². The van der Waals surface area contributed by atoms with Crippen LogP contribution in [0.2, 0.25) is 0 Å². The minimum Gasteiger partial charge on any atom is -0.484 e. The number of benzene rings is 2. The summed E-state index contributed by atoms with van der Waals surface area (Å²) in [6.45, 7) is 2.87. The lowest BCUT2D eigenvalue weighted by Gasteiger charge is -2.26. The van der Waals surface area contributed by atoms with Gasteiger partial charge in [-0.3, -0.25) is 9.69 Å². The quantitative estimate of drug-likeness (QED) is 0.667. The molecule has 27 heavy (non-hydrogen) atoms. The molecule has 1 atom stereocenters. The largest absolute Gasteiger partial charge is 0.484 e. The summed E-state index contributed by atoms with van der Waals surface area (Å²) >= 11 is 1.76. The summed E-state index contributed by atoms with van der Waals surface area (Å²) in [6, 6.07) is 18.5. The van der Waals surface area contributed by atoms with Gasteiger partial charge in [-0.2, -0.15) is 0 Å². The molecule has 1 amide bonds. The van der Waals surface area contributed by atoms with Crippen molar-refractivity contribution in [2.45, 2.75) is 18.9 Å². The maximum atomic E-state index is 12.3. The number of nitrogens with zero attached hydrogens (tertiary/aromatic N) is 1. The molecule has 0 aliphatic carbocycles. The lowest BCUT2D eigenvalue weighted by Crippen LogP contribution is -2.38. The van der Waals surface area contributed by atoms with Gasteiger partial charge in [0.05, 0.1) is 6.04 Å². The summed E-state index contributed by atoms with van der Waals surface area (Å²) in [4.78, 5) is 16.1. The molecule has 1 unspecified atom stereocenters. The molecule has 1 fully saturated rings. The third-order valence-electron chi connectivity index (χ3n) is 5.04. The first kappa shape index (κ1) is 18.0. The van der Waals surface area contributed by atoms with Gasteiger partial charge in [-0.05, 0) is 60.3 Å². The number of carbonyl (C=O) groups excluding carboxylic acids is 1. The first-order chi connectivity index (χ1) is 13.3. The highest BCUT2D eigenvalue weighted by molar-refractivity contribution is 7.10. The number of hydrogen-bond acceptors (Lipinski definition) is 4. The van der Waals surface area contributed by atoms with Crippen molar-refractivity contribution in [3.8, 4) is 5.75 Å². The molecule has 0 bridgehead atoms. The van der Waals surface area contributed by atoms with E-state index in [0.717, 1.165) is 24.2 Å². The van der Waals surface area contributed by atoms with Gasteiger partial charge < -0.3 is 10.1 Å². The molecule has 1 aliphatic heterocycles. The number of likely N-dealkylation sites (tertiary alicyclic amines) is 1. The van der Waals surface area contributed by atoms with E-state index in [2.05, 4.69) is 33.8 Å². The Labute approximate surface area is 163 Å². The second kappa shape index (κ2) is 8.55. The third kappa shape index (κ3) is 4.49. The van der Waals surface area contributed by atoms with E-state index >= 15 is 0 Å². The number of amides is 1. The Hall–Kier alpha value is -2.37. The first-order valence-corrected chi connectivity index (χ1v) is 10.3. The molecule has 4 nitrogen and oxygen atoms in total. The summed E-state index contributed by atoms with van der Waals surface area (Å²) in [7, 11) is 0. The van der Waals surface area contributed by atoms with Crippen molar-refractivity contribution in [3.63, 3.8) is 0 Å². The predicted octanol–water partition coefficient (Wildman–Crippen LogP) is 4.23. The summed E-state index contributed by atoms with van der Waals surface area (Å²) in [5.41, 5.74) is 0. The van der Waals surface area contributed by atoms with Gasteiger partial charge in [0.1, 0.15) is 5.75 Å². The number of hydrogen-bond donors (Lipinski definition) is 1. The van der Waals surface area contributed by atoms with Crippen molar-refractivity contribution in [2.75, 3.05) is 26.2 Å². The van der Waals surface area contributed by atoms with Crippen LogP contribution in [0, 0.1) is 0 Å². The van der Waals surface area contributed by atoms with Gasteiger partial charge in [-0.25, -0.2) is 0 Å². The molecule has 5 heteroatoms. The zero-order valence-corrected chi connectivity index (χ0v) is 16.1. The zero-order chi connectivity index (χ0) is 18.5. The molecular weight excluding hydrogens is 356 g/mol. The predicted molar refractivity (Wildman–Crippen MR) is 110 cm³/mol. The lowest BCUT2D eigenvalue weighted by molar-refractivity contribution is -0.123. The van der Waals surface area contributed by atoms with Crippen LogP contribution >= 0.6 is 11.3 Å². The van der Waals surface area contributed by atoms with Gasteiger partial charge in [0.25, 0.3) is 5.91 Å². The maximum absolute atomic E-state index is 12.3. The van der Waals surface area contributed by atoms with Crippen molar-refractivity contribution in [1.82, 2.24) is 10.2 Å². The second-order valence-corrected chi connectivity index (χ2v) is 7.86. The minimum absolute atomic E-state index is 0.0372. The van der Waals surface area contributed by atoms with Gasteiger partial charge >= 0.3 is 0 Å². The lowest BCUT2D eigenvalue weighted by atomic mass is 10.1. The van der Waals surface area contributed by atoms with Crippen molar-refractivity contribution in [3.05, 3.63) is 64.9 Å². The fourth-order valence-corrected chi connectivity index (χ4v) is 4.47. The SMILES string of the molecule is O=C(COc1ccc2ccccc2c1)NCC(c1cccs1)N1CCCC1. The average molecular weight is 381 g/mol. The Balaban J connectivity index is 1.32. The van der Waals surface area contributed by atoms with Crippen LogP contribution in [0.5, 0.6) is 5.75 Å². The zero-order valence-electron chi connectivity index (χ0n) is 15.3. The Morgan fingerprint density at radius 3 is 2.67 bits per heavy atom. The number of nitrogens with one attached hydrogen (secondary N) is 1. The molecule has 140 valence electrons. The molecule has 1 aromatic heterocycles. The molecule has 0 saturated carbocycles. The summed E-state index contributed by atoms with van der Waals surface area (Å²) in [5, 5.41) is 7.44. The average Bonchev–Trinajstić information content (AvgIpc) is 3.41. The molecule has 4 rings (SSSR count). The molecular formula is C22H24N2O2S. The van der Waals surface area contributed by atoms with E-state index in [0.29, 0.717) is 6.54 Å². The Morgan fingerprint density at radius 1 is 1.07 bits per heavy atom. The van der Waals surface area contributed by atoms with Crippen LogP contribution in [0.3, 0.4) is 0 Å². The number of ether oxygens (including phenoxy) is 1. The van der Waals surface area contributed by atoms with E-state index in [4.69, 9.17) is 4.74 Å². The van der Waals surface area contributed by atoms with E-state index in [1.54, 1.807) is 11.3 Å². The molecule has 2 heterocycles. The molecule has 1 N–H and O–H groups in total. The smallest absolute Gasteiger partial charge is 0.258 e. The number of fused-ring (bicyclic) bond motifs is 1. The van der Waals surface area contributed by atoms with Crippen LogP contribution in [-0.2, 0) is 4.79 Å². The molecule has 2 aromatic carbocycles. The van der Waals surface area contributed by atoms with E-state index in [9.17, 15) is 4.79 Å². The number of carbonyl (C=O) groups is 1. The van der Waals surface area contributed by atoms with Crippen LogP contribution in [0.15, 0.2) is 60.0 Å². The summed E-state index contributed by atoms with van der Waals surface area (Å²) in [5.74, 6) is 0.641. The highest BCUT2D eigenvalue weighted by Crippen LogP contribution is 2.27. The highest BCUT2D eigenvalue weighted by atomic mass is 32.1. The molecule has 1 aliphatic rings. The van der Waals surface area contributed by atoms with Crippen molar-refractivity contribution < 1.29 is 9.53 Å².